The van der Waals surface area contributed by atoms with Gasteiger partial charge in [0.25, 0.3) is 11.8 Å². The van der Waals surface area contributed by atoms with Gasteiger partial charge in [-0.2, -0.15) is 5.10 Å². The van der Waals surface area contributed by atoms with Gasteiger partial charge in [0.2, 0.25) is 0 Å². The number of anilines is 1. The van der Waals surface area contributed by atoms with E-state index in [1.165, 1.54) is 10.7 Å². The Labute approximate surface area is 175 Å². The number of hydrogen-bond donors (Lipinski definition) is 2. The van der Waals surface area contributed by atoms with Crippen LogP contribution in [0.4, 0.5) is 10.1 Å². The fourth-order valence-electron chi connectivity index (χ4n) is 3.02. The predicted molar refractivity (Wildman–Crippen MR) is 115 cm³/mol. The average molecular weight is 408 g/mol. The summed E-state index contributed by atoms with van der Waals surface area (Å²) in [5.74, 6) is -1.10. The quantitative estimate of drug-likeness (QED) is 0.671. The number of benzene rings is 2. The van der Waals surface area contributed by atoms with Crippen LogP contribution in [0.5, 0.6) is 0 Å². The highest BCUT2D eigenvalue weighted by molar-refractivity contribution is 6.05. The van der Waals surface area contributed by atoms with Crippen LogP contribution in [-0.4, -0.2) is 27.1 Å². The molecule has 0 atom stereocenters. The van der Waals surface area contributed by atoms with Crippen LogP contribution in [0.3, 0.4) is 0 Å². The maximum Gasteiger partial charge on any atom is 0.255 e. The zero-order valence-electron chi connectivity index (χ0n) is 17.7. The van der Waals surface area contributed by atoms with Gasteiger partial charge in [-0.15, -0.1) is 0 Å². The summed E-state index contributed by atoms with van der Waals surface area (Å²) in [4.78, 5) is 24.7. The van der Waals surface area contributed by atoms with E-state index in [1.807, 2.05) is 40.7 Å². The lowest BCUT2D eigenvalue weighted by atomic mass is 10.1. The van der Waals surface area contributed by atoms with Gasteiger partial charge in [0, 0.05) is 28.0 Å². The van der Waals surface area contributed by atoms with Crippen molar-refractivity contribution >= 4 is 17.5 Å². The van der Waals surface area contributed by atoms with Gasteiger partial charge in [-0.05, 0) is 83.1 Å². The number of aromatic nitrogens is 2. The zero-order chi connectivity index (χ0) is 22.1. The second kappa shape index (κ2) is 8.10. The second-order valence-corrected chi connectivity index (χ2v) is 8.24. The van der Waals surface area contributed by atoms with E-state index < -0.39 is 11.7 Å². The molecule has 1 heterocycles. The van der Waals surface area contributed by atoms with Crippen molar-refractivity contribution < 1.29 is 14.0 Å². The van der Waals surface area contributed by atoms with E-state index in [4.69, 9.17) is 0 Å². The van der Waals surface area contributed by atoms with Crippen LogP contribution in [0.2, 0.25) is 0 Å². The summed E-state index contributed by atoms with van der Waals surface area (Å²) in [6.45, 7) is 9.37. The van der Waals surface area contributed by atoms with Gasteiger partial charge >= 0.3 is 0 Å². The smallest absolute Gasteiger partial charge is 0.255 e. The standard InChI is InChI=1S/C23H25FN4O2/c1-14-12-15(2)28(27-14)20-11-10-18(13-19(20)24)25-21(29)16-6-8-17(9-7-16)22(30)26-23(3,4)5/h6-13H,1-5H3,(H,25,29)(H,26,30). The predicted octanol–water partition coefficient (Wildman–Crippen LogP) is 4.41. The molecule has 0 aliphatic rings. The monoisotopic (exact) mass is 408 g/mol. The van der Waals surface area contributed by atoms with Crippen molar-refractivity contribution in [1.82, 2.24) is 15.1 Å². The molecule has 0 bridgehead atoms. The number of aryl methyl sites for hydroxylation is 2. The first-order valence-corrected chi connectivity index (χ1v) is 9.60. The lowest BCUT2D eigenvalue weighted by Gasteiger charge is -2.20. The molecule has 0 spiro atoms. The third-order valence-electron chi connectivity index (χ3n) is 4.34. The highest BCUT2D eigenvalue weighted by atomic mass is 19.1. The number of carbonyl (C=O) groups excluding carboxylic acids is 2. The molecule has 30 heavy (non-hydrogen) atoms. The molecule has 2 amide bonds. The molecule has 7 heteroatoms. The van der Waals surface area contributed by atoms with Gasteiger partial charge in [0.1, 0.15) is 5.69 Å². The number of amides is 2. The van der Waals surface area contributed by atoms with E-state index in [2.05, 4.69) is 15.7 Å². The molecule has 6 nitrogen and oxygen atoms in total. The van der Waals surface area contributed by atoms with Crippen LogP contribution in [0.15, 0.2) is 48.5 Å². The maximum absolute atomic E-state index is 14.6. The fraction of sp³-hybridized carbons (Fsp3) is 0.261. The highest BCUT2D eigenvalue weighted by Crippen LogP contribution is 2.20. The van der Waals surface area contributed by atoms with Crippen LogP contribution < -0.4 is 10.6 Å². The molecule has 2 N–H and O–H groups in total. The van der Waals surface area contributed by atoms with Gasteiger partial charge in [-0.1, -0.05) is 0 Å². The highest BCUT2D eigenvalue weighted by Gasteiger charge is 2.16. The minimum atomic E-state index is -0.492. The fourth-order valence-corrected chi connectivity index (χ4v) is 3.02. The molecule has 0 radical (unpaired) electrons. The number of rotatable bonds is 4. The SMILES string of the molecule is Cc1cc(C)n(-c2ccc(NC(=O)c3ccc(C(=O)NC(C)(C)C)cc3)cc2F)n1. The molecule has 0 unspecified atom stereocenters. The van der Waals surface area contributed by atoms with E-state index in [0.717, 1.165) is 11.4 Å². The number of carbonyl (C=O) groups is 2. The lowest BCUT2D eigenvalue weighted by molar-refractivity contribution is 0.0918. The molecule has 3 aromatic rings. The van der Waals surface area contributed by atoms with E-state index in [0.29, 0.717) is 22.5 Å². The maximum atomic E-state index is 14.6. The molecule has 2 aromatic carbocycles. The minimum Gasteiger partial charge on any atom is -0.347 e. The first-order chi connectivity index (χ1) is 14.0. The zero-order valence-corrected chi connectivity index (χ0v) is 17.7. The average Bonchev–Trinajstić information content (AvgIpc) is 2.98. The summed E-state index contributed by atoms with van der Waals surface area (Å²) in [5.41, 5.74) is 2.73. The van der Waals surface area contributed by atoms with E-state index in [-0.39, 0.29) is 11.4 Å². The summed E-state index contributed by atoms with van der Waals surface area (Å²) in [7, 11) is 0. The van der Waals surface area contributed by atoms with Crippen molar-refractivity contribution in [3.63, 3.8) is 0 Å². The summed E-state index contributed by atoms with van der Waals surface area (Å²) in [6.07, 6.45) is 0. The number of hydrogen-bond acceptors (Lipinski definition) is 3. The van der Waals surface area contributed by atoms with E-state index >= 15 is 0 Å². The van der Waals surface area contributed by atoms with Crippen LogP contribution >= 0.6 is 0 Å². The first-order valence-electron chi connectivity index (χ1n) is 9.60. The van der Waals surface area contributed by atoms with Crippen molar-refractivity contribution in [2.24, 2.45) is 0 Å². The largest absolute Gasteiger partial charge is 0.347 e. The molecule has 0 aliphatic heterocycles. The molecule has 0 saturated carbocycles. The molecular weight excluding hydrogens is 383 g/mol. The van der Waals surface area contributed by atoms with Crippen molar-refractivity contribution in [3.05, 3.63) is 76.9 Å². The normalized spacial score (nSPS) is 11.3. The Morgan fingerprint density at radius 1 is 0.933 bits per heavy atom. The Bertz CT molecular complexity index is 1100. The second-order valence-electron chi connectivity index (χ2n) is 8.24. The Kier molecular flexibility index (Phi) is 5.73. The molecule has 1 aromatic heterocycles. The molecular formula is C23H25FN4O2. The van der Waals surface area contributed by atoms with Crippen molar-refractivity contribution in [1.29, 1.82) is 0 Å². The molecule has 0 aliphatic carbocycles. The topological polar surface area (TPSA) is 76.0 Å². The Morgan fingerprint density at radius 2 is 1.53 bits per heavy atom. The van der Waals surface area contributed by atoms with E-state index in [9.17, 15) is 14.0 Å². The van der Waals surface area contributed by atoms with Gasteiger partial charge in [0.15, 0.2) is 5.82 Å². The van der Waals surface area contributed by atoms with Crippen LogP contribution in [0, 0.1) is 19.7 Å². The lowest BCUT2D eigenvalue weighted by Crippen LogP contribution is -2.40. The Balaban J connectivity index is 1.72. The molecule has 0 fully saturated rings. The van der Waals surface area contributed by atoms with Crippen LogP contribution in [0.25, 0.3) is 5.69 Å². The summed E-state index contributed by atoms with van der Waals surface area (Å²) in [6, 6.07) is 12.6. The van der Waals surface area contributed by atoms with Crippen molar-refractivity contribution in [2.75, 3.05) is 5.32 Å². The Morgan fingerprint density at radius 3 is 2.03 bits per heavy atom. The van der Waals surface area contributed by atoms with Crippen LogP contribution in [0.1, 0.15) is 52.9 Å². The van der Waals surface area contributed by atoms with Crippen molar-refractivity contribution in [2.45, 2.75) is 40.2 Å². The molecule has 156 valence electrons. The number of halogens is 1. The Hall–Kier alpha value is -3.48. The van der Waals surface area contributed by atoms with Crippen LogP contribution in [-0.2, 0) is 0 Å². The number of nitrogens with zero attached hydrogens (tertiary/aromatic N) is 2. The van der Waals surface area contributed by atoms with Gasteiger partial charge in [0.05, 0.1) is 5.69 Å². The summed E-state index contributed by atoms with van der Waals surface area (Å²) in [5, 5.41) is 9.82. The molecule has 3 rings (SSSR count). The van der Waals surface area contributed by atoms with E-state index in [1.54, 1.807) is 36.4 Å². The molecule has 0 saturated heterocycles. The number of nitrogens with one attached hydrogen (secondary N) is 2. The van der Waals surface area contributed by atoms with Gasteiger partial charge in [-0.3, -0.25) is 9.59 Å². The summed E-state index contributed by atoms with van der Waals surface area (Å²) < 4.78 is 16.1. The van der Waals surface area contributed by atoms with Gasteiger partial charge in [-0.25, -0.2) is 9.07 Å². The first kappa shape index (κ1) is 21.2. The summed E-state index contributed by atoms with van der Waals surface area (Å²) >= 11 is 0. The minimum absolute atomic E-state index is 0.212. The third-order valence-corrected chi connectivity index (χ3v) is 4.34. The third kappa shape index (κ3) is 4.92. The van der Waals surface area contributed by atoms with Gasteiger partial charge < -0.3 is 10.6 Å². The van der Waals surface area contributed by atoms with Crippen molar-refractivity contribution in [3.8, 4) is 5.69 Å².